The van der Waals surface area contributed by atoms with Gasteiger partial charge in [-0.2, -0.15) is 0 Å². The second kappa shape index (κ2) is 7.49. The van der Waals surface area contributed by atoms with E-state index in [2.05, 4.69) is 5.73 Å². The minimum absolute atomic E-state index is 0. The Bertz CT molecular complexity index is 328. The van der Waals surface area contributed by atoms with E-state index in [-0.39, 0.29) is 24.4 Å². The van der Waals surface area contributed by atoms with Crippen molar-refractivity contribution in [2.24, 2.45) is 0 Å². The van der Waals surface area contributed by atoms with Crippen LogP contribution in [-0.4, -0.2) is 25.2 Å². The maximum absolute atomic E-state index is 11.3. The van der Waals surface area contributed by atoms with E-state index in [9.17, 15) is 4.79 Å². The van der Waals surface area contributed by atoms with Crippen LogP contribution in [0.25, 0.3) is 0 Å². The lowest BCUT2D eigenvalue weighted by Gasteiger charge is -2.02. The van der Waals surface area contributed by atoms with Gasteiger partial charge in [0.2, 0.25) is 0 Å². The van der Waals surface area contributed by atoms with Gasteiger partial charge in [-0.05, 0) is 13.8 Å². The minimum atomic E-state index is -0.300. The summed E-state index contributed by atoms with van der Waals surface area (Å²) in [4.78, 5) is 11.3. The maximum atomic E-state index is 11.3. The first-order chi connectivity index (χ1) is 7.13. The van der Waals surface area contributed by atoms with Crippen LogP contribution < -0.4 is 22.9 Å². The molecule has 0 aliphatic carbocycles. The van der Waals surface area contributed by atoms with Crippen LogP contribution in [-0.2, 0) is 4.74 Å². The molecule has 0 fully saturated rings. The summed E-state index contributed by atoms with van der Waals surface area (Å²) >= 11 is 1.39. The van der Waals surface area contributed by atoms with Gasteiger partial charge >= 0.3 is 5.97 Å². The first-order valence-electron chi connectivity index (χ1n) is 4.85. The van der Waals surface area contributed by atoms with Crippen LogP contribution >= 0.6 is 11.3 Å². The predicted octanol–water partition coefficient (Wildman–Crippen LogP) is -2.06. The van der Waals surface area contributed by atoms with Crippen molar-refractivity contribution in [3.05, 3.63) is 17.0 Å². The van der Waals surface area contributed by atoms with Crippen molar-refractivity contribution >= 4 is 17.3 Å². The topological polar surface area (TPSA) is 63.2 Å². The van der Waals surface area contributed by atoms with Crippen molar-refractivity contribution in [2.75, 3.05) is 13.2 Å². The van der Waals surface area contributed by atoms with Crippen molar-refractivity contribution in [3.8, 4) is 5.06 Å². The lowest BCUT2D eigenvalue weighted by Crippen LogP contribution is -3.00. The molecule has 0 aliphatic heterocycles. The Morgan fingerprint density at radius 3 is 2.88 bits per heavy atom. The monoisotopic (exact) mass is 265 g/mol. The first kappa shape index (κ1) is 15.2. The highest BCUT2D eigenvalue weighted by Crippen LogP contribution is 2.23. The average molecular weight is 266 g/mol. The zero-order valence-corrected chi connectivity index (χ0v) is 10.9. The Morgan fingerprint density at radius 1 is 1.62 bits per heavy atom. The molecule has 0 radical (unpaired) electrons. The first-order valence-corrected chi connectivity index (χ1v) is 5.73. The summed E-state index contributed by atoms with van der Waals surface area (Å²) in [7, 11) is 0. The Kier molecular flexibility index (Phi) is 7.12. The van der Waals surface area contributed by atoms with E-state index in [1.54, 1.807) is 18.4 Å². The molecule has 16 heavy (non-hydrogen) atoms. The molecule has 0 aliphatic rings. The Labute approximate surface area is 105 Å². The lowest BCUT2D eigenvalue weighted by molar-refractivity contribution is -0.417. The number of rotatable bonds is 5. The lowest BCUT2D eigenvalue weighted by atomic mass is 10.3. The molecule has 0 spiro atoms. The molecule has 0 saturated heterocycles. The number of carbonyl (C=O) groups is 1. The highest BCUT2D eigenvalue weighted by atomic mass is 35.5. The van der Waals surface area contributed by atoms with E-state index < -0.39 is 0 Å². The molecular formula is C10H16ClNO3S. The third-order valence-corrected chi connectivity index (χ3v) is 2.44. The fraction of sp³-hybridized carbons (Fsp3) is 0.500. The highest BCUT2D eigenvalue weighted by molar-refractivity contribution is 7.12. The number of halogens is 1. The molecule has 1 aromatic heterocycles. The third-order valence-electron chi connectivity index (χ3n) is 1.60. The molecule has 1 aromatic rings. The molecule has 0 bridgehead atoms. The number of hydrogen-bond donors (Lipinski definition) is 1. The van der Waals surface area contributed by atoms with Gasteiger partial charge in [-0.25, -0.2) is 4.79 Å². The van der Waals surface area contributed by atoms with Gasteiger partial charge < -0.3 is 27.6 Å². The number of esters is 1. The molecule has 0 unspecified atom stereocenters. The van der Waals surface area contributed by atoms with E-state index >= 15 is 0 Å². The van der Waals surface area contributed by atoms with Crippen molar-refractivity contribution in [1.29, 1.82) is 0 Å². The summed E-state index contributed by atoms with van der Waals surface area (Å²) in [6.45, 7) is 4.70. The summed E-state index contributed by atoms with van der Waals surface area (Å²) < 4.78 is 10.3. The van der Waals surface area contributed by atoms with Crippen LogP contribution in [0.1, 0.15) is 24.2 Å². The Hall–Kier alpha value is -0.780. The van der Waals surface area contributed by atoms with E-state index in [4.69, 9.17) is 9.47 Å². The molecule has 1 atom stereocenters. The van der Waals surface area contributed by atoms with Gasteiger partial charge in [0, 0.05) is 11.4 Å². The quantitative estimate of drug-likeness (QED) is 0.623. The number of ether oxygens (including phenoxy) is 2. The maximum Gasteiger partial charge on any atom is 0.339 e. The summed E-state index contributed by atoms with van der Waals surface area (Å²) in [5, 5.41) is 2.47. The van der Waals surface area contributed by atoms with Crippen molar-refractivity contribution in [3.63, 3.8) is 0 Å². The zero-order chi connectivity index (χ0) is 11.3. The second-order valence-corrected chi connectivity index (χ2v) is 4.16. The molecule has 0 saturated carbocycles. The minimum Gasteiger partial charge on any atom is -1.00 e. The molecule has 1 heterocycles. The fourth-order valence-corrected chi connectivity index (χ4v) is 1.68. The standard InChI is InChI=1S/C10H15NO3S.ClH/c1-3-13-10(12)8-4-9(15-6-8)14-5-7(2)11;/h4,6-7H,3,5,11H2,1-2H3;1H/t7-;/m0./s1. The number of quaternary nitrogens is 1. The van der Waals surface area contributed by atoms with Gasteiger partial charge in [-0.3, -0.25) is 0 Å². The highest BCUT2D eigenvalue weighted by Gasteiger charge is 2.10. The molecular weight excluding hydrogens is 250 g/mol. The van der Waals surface area contributed by atoms with Gasteiger partial charge in [0.05, 0.1) is 12.2 Å². The summed E-state index contributed by atoms with van der Waals surface area (Å²) in [5.41, 5.74) is 4.36. The van der Waals surface area contributed by atoms with E-state index in [0.29, 0.717) is 18.8 Å². The molecule has 0 aromatic carbocycles. The van der Waals surface area contributed by atoms with Gasteiger partial charge in [0.15, 0.2) is 5.06 Å². The zero-order valence-electron chi connectivity index (χ0n) is 9.36. The van der Waals surface area contributed by atoms with Gasteiger partial charge in [-0.15, -0.1) is 11.3 Å². The molecule has 3 N–H and O–H groups in total. The molecule has 6 heteroatoms. The van der Waals surface area contributed by atoms with Crippen LogP contribution in [0.3, 0.4) is 0 Å². The van der Waals surface area contributed by atoms with Gasteiger partial charge in [-0.1, -0.05) is 0 Å². The summed E-state index contributed by atoms with van der Waals surface area (Å²) in [6, 6.07) is 1.93. The smallest absolute Gasteiger partial charge is 0.339 e. The molecule has 4 nitrogen and oxygen atoms in total. The van der Waals surface area contributed by atoms with Gasteiger partial charge in [0.25, 0.3) is 0 Å². The predicted molar refractivity (Wildman–Crippen MR) is 58.1 cm³/mol. The Morgan fingerprint density at radius 2 is 2.31 bits per heavy atom. The molecule has 0 amide bonds. The number of hydrogen-bond acceptors (Lipinski definition) is 4. The van der Waals surface area contributed by atoms with Crippen LogP contribution in [0.4, 0.5) is 0 Å². The molecule has 92 valence electrons. The van der Waals surface area contributed by atoms with Crippen LogP contribution in [0.5, 0.6) is 5.06 Å². The SMILES string of the molecule is CCOC(=O)c1csc(OC[C@H](C)[NH3+])c1.[Cl-]. The summed E-state index contributed by atoms with van der Waals surface area (Å²) in [5.74, 6) is -0.300. The number of carbonyl (C=O) groups excluding carboxylic acids is 1. The normalized spacial score (nSPS) is 11.4. The summed E-state index contributed by atoms with van der Waals surface area (Å²) in [6.07, 6.45) is 0. The van der Waals surface area contributed by atoms with Crippen molar-refractivity contribution in [1.82, 2.24) is 0 Å². The average Bonchev–Trinajstić information content (AvgIpc) is 2.63. The van der Waals surface area contributed by atoms with Crippen molar-refractivity contribution in [2.45, 2.75) is 19.9 Å². The third kappa shape index (κ3) is 4.83. The van der Waals surface area contributed by atoms with Crippen molar-refractivity contribution < 1.29 is 32.4 Å². The van der Waals surface area contributed by atoms with E-state index in [1.165, 1.54) is 11.3 Å². The van der Waals surface area contributed by atoms with Crippen LogP contribution in [0, 0.1) is 0 Å². The van der Waals surface area contributed by atoms with Crippen LogP contribution in [0.15, 0.2) is 11.4 Å². The van der Waals surface area contributed by atoms with Crippen LogP contribution in [0.2, 0.25) is 0 Å². The second-order valence-electron chi connectivity index (χ2n) is 3.29. The molecule has 1 rings (SSSR count). The van der Waals surface area contributed by atoms with E-state index in [1.807, 2.05) is 6.92 Å². The van der Waals surface area contributed by atoms with E-state index in [0.717, 1.165) is 5.06 Å². The number of thiophene rings is 1. The Balaban J connectivity index is 0.00000225. The largest absolute Gasteiger partial charge is 1.00 e. The fourth-order valence-electron chi connectivity index (χ4n) is 0.938. The van der Waals surface area contributed by atoms with Gasteiger partial charge in [0.1, 0.15) is 12.6 Å².